The van der Waals surface area contributed by atoms with Gasteiger partial charge >= 0.3 is 0 Å². The molecule has 0 unspecified atom stereocenters. The van der Waals surface area contributed by atoms with Crippen LogP contribution in [0.25, 0.3) is 32.9 Å². The van der Waals surface area contributed by atoms with Crippen LogP contribution in [0.5, 0.6) is 0 Å². The van der Waals surface area contributed by atoms with Crippen LogP contribution in [-0.4, -0.2) is 49.8 Å². The first-order valence-electron chi connectivity index (χ1n) is 13.1. The number of primary amides is 1. The summed E-state index contributed by atoms with van der Waals surface area (Å²) in [4.78, 5) is 30.7. The van der Waals surface area contributed by atoms with Gasteiger partial charge in [-0.2, -0.15) is 0 Å². The molecule has 0 bridgehead atoms. The highest BCUT2D eigenvalue weighted by Crippen LogP contribution is 2.40. The van der Waals surface area contributed by atoms with Crippen LogP contribution >= 0.6 is 0 Å². The average Bonchev–Trinajstić information content (AvgIpc) is 3.33. The van der Waals surface area contributed by atoms with Gasteiger partial charge in [0.05, 0.1) is 22.6 Å². The highest BCUT2D eigenvalue weighted by Gasteiger charge is 2.23. The smallest absolute Gasteiger partial charge is 0.255 e. The maximum absolute atomic E-state index is 13.3. The highest BCUT2D eigenvalue weighted by atomic mass is 32.2. The molecule has 6 rings (SSSR count). The number of hydrogen-bond donors (Lipinski definition) is 3. The van der Waals surface area contributed by atoms with E-state index in [2.05, 4.69) is 10.3 Å². The second-order valence-electron chi connectivity index (χ2n) is 10.2. The number of rotatable bonds is 5. The predicted octanol–water partition coefficient (Wildman–Crippen LogP) is 5.02. The number of amides is 2. The molecule has 5 aromatic rings. The average molecular weight is 571 g/mol. The summed E-state index contributed by atoms with van der Waals surface area (Å²) in [6, 6.07) is 20.4. The van der Waals surface area contributed by atoms with Crippen LogP contribution in [0.4, 0.5) is 15.8 Å². The number of aromatic nitrogens is 1. The number of nitrogens with one attached hydrogen (secondary N) is 2. The number of H-pyrrole nitrogens is 1. The summed E-state index contributed by atoms with van der Waals surface area (Å²) < 4.78 is 37.2. The second-order valence-corrected chi connectivity index (χ2v) is 12.5. The summed E-state index contributed by atoms with van der Waals surface area (Å²) >= 11 is 0. The molecule has 0 saturated carbocycles. The lowest BCUT2D eigenvalue weighted by Crippen LogP contribution is -2.40. The molecule has 0 spiro atoms. The minimum atomic E-state index is -3.01. The van der Waals surface area contributed by atoms with E-state index in [0.717, 1.165) is 38.7 Å². The van der Waals surface area contributed by atoms with Crippen molar-refractivity contribution in [2.45, 2.75) is 6.92 Å². The number of fused-ring (bicyclic) bond motifs is 3. The van der Waals surface area contributed by atoms with Crippen molar-refractivity contribution in [3.05, 3.63) is 95.3 Å². The first-order chi connectivity index (χ1) is 19.6. The lowest BCUT2D eigenvalue weighted by Gasteiger charge is -2.28. The van der Waals surface area contributed by atoms with E-state index < -0.39 is 21.6 Å². The normalized spacial score (nSPS) is 14.8. The van der Waals surface area contributed by atoms with Crippen LogP contribution in [-0.2, 0) is 9.84 Å². The van der Waals surface area contributed by atoms with Crippen molar-refractivity contribution in [2.75, 3.05) is 34.8 Å². The summed E-state index contributed by atoms with van der Waals surface area (Å²) in [7, 11) is -3.01. The minimum absolute atomic E-state index is 0.112. The number of hydrogen-bond acceptors (Lipinski definition) is 5. The lowest BCUT2D eigenvalue weighted by atomic mass is 9.93. The number of halogens is 1. The first-order valence-corrected chi connectivity index (χ1v) is 14.9. The fourth-order valence-electron chi connectivity index (χ4n) is 5.46. The van der Waals surface area contributed by atoms with Gasteiger partial charge in [-0.25, -0.2) is 12.8 Å². The molecule has 4 aromatic carbocycles. The number of nitrogens with two attached hydrogens (primary N) is 1. The Balaban J connectivity index is 1.44. The van der Waals surface area contributed by atoms with Gasteiger partial charge in [0, 0.05) is 46.3 Å². The molecule has 0 aliphatic carbocycles. The van der Waals surface area contributed by atoms with Crippen molar-refractivity contribution in [3.63, 3.8) is 0 Å². The van der Waals surface area contributed by atoms with Gasteiger partial charge in [-0.15, -0.1) is 0 Å². The highest BCUT2D eigenvalue weighted by molar-refractivity contribution is 7.91. The zero-order chi connectivity index (χ0) is 28.9. The van der Waals surface area contributed by atoms with Crippen molar-refractivity contribution < 1.29 is 22.4 Å². The van der Waals surface area contributed by atoms with Crippen LogP contribution in [0.1, 0.15) is 26.3 Å². The second kappa shape index (κ2) is 10.0. The van der Waals surface area contributed by atoms with Gasteiger partial charge in [-0.05, 0) is 72.1 Å². The maximum atomic E-state index is 13.3. The number of anilines is 2. The summed E-state index contributed by atoms with van der Waals surface area (Å²) in [5.41, 5.74) is 11.8. The van der Waals surface area contributed by atoms with Crippen LogP contribution in [0.15, 0.2) is 72.8 Å². The van der Waals surface area contributed by atoms with Crippen molar-refractivity contribution in [3.8, 4) is 11.1 Å². The molecule has 10 heteroatoms. The molecular weight excluding hydrogens is 543 g/mol. The molecule has 208 valence electrons. The van der Waals surface area contributed by atoms with Crippen molar-refractivity contribution in [2.24, 2.45) is 5.73 Å². The van der Waals surface area contributed by atoms with E-state index >= 15 is 0 Å². The molecule has 8 nitrogen and oxygen atoms in total. The zero-order valence-corrected chi connectivity index (χ0v) is 23.0. The van der Waals surface area contributed by atoms with Gasteiger partial charge in [-0.1, -0.05) is 24.3 Å². The van der Waals surface area contributed by atoms with Crippen LogP contribution < -0.4 is 16.0 Å². The van der Waals surface area contributed by atoms with Crippen molar-refractivity contribution >= 4 is 54.8 Å². The minimum Gasteiger partial charge on any atom is -0.369 e. The molecule has 2 amide bonds. The predicted molar refractivity (Wildman–Crippen MR) is 160 cm³/mol. The molecule has 1 aliphatic rings. The lowest BCUT2D eigenvalue weighted by molar-refractivity contribution is 0.0998. The number of nitrogens with zero attached hydrogens (tertiary/aromatic N) is 1. The molecule has 0 atom stereocenters. The van der Waals surface area contributed by atoms with Crippen molar-refractivity contribution in [1.82, 2.24) is 4.98 Å². The van der Waals surface area contributed by atoms with Gasteiger partial charge < -0.3 is 20.9 Å². The fourth-order valence-corrected chi connectivity index (χ4v) is 6.66. The number of aromatic amines is 1. The number of benzene rings is 4. The van der Waals surface area contributed by atoms with E-state index in [1.54, 1.807) is 12.1 Å². The monoisotopic (exact) mass is 570 g/mol. The van der Waals surface area contributed by atoms with E-state index in [0.29, 0.717) is 35.4 Å². The van der Waals surface area contributed by atoms with E-state index in [1.165, 1.54) is 24.3 Å². The molecule has 1 fully saturated rings. The third-order valence-electron chi connectivity index (χ3n) is 7.69. The van der Waals surface area contributed by atoms with Crippen LogP contribution in [0.3, 0.4) is 0 Å². The van der Waals surface area contributed by atoms with Gasteiger partial charge in [0.25, 0.3) is 11.8 Å². The Bertz CT molecular complexity index is 1950. The Morgan fingerprint density at radius 2 is 1.68 bits per heavy atom. The fraction of sp³-hybridized carbons (Fsp3) is 0.161. The Morgan fingerprint density at radius 1 is 0.951 bits per heavy atom. The molecule has 1 aromatic heterocycles. The van der Waals surface area contributed by atoms with Gasteiger partial charge in [-0.3, -0.25) is 9.59 Å². The maximum Gasteiger partial charge on any atom is 0.255 e. The van der Waals surface area contributed by atoms with Crippen molar-refractivity contribution in [1.29, 1.82) is 0 Å². The summed E-state index contributed by atoms with van der Waals surface area (Å²) in [6.07, 6.45) is 0. The molecule has 2 heterocycles. The molecule has 0 radical (unpaired) electrons. The molecule has 4 N–H and O–H groups in total. The molecule has 1 saturated heterocycles. The summed E-state index contributed by atoms with van der Waals surface area (Å²) in [5.74, 6) is -1.11. The largest absolute Gasteiger partial charge is 0.369 e. The summed E-state index contributed by atoms with van der Waals surface area (Å²) in [5, 5.41) is 4.62. The standard InChI is InChI=1S/C31H27FN4O4S/c1-18-22(3-2-4-26(18)35-31(38)19-5-7-20(32)8-6-19)23-11-12-25(30(33)37)29-28(23)24-10-9-21(17-27(24)34-29)36-13-15-41(39,40)16-14-36/h2-12,17,34H,13-16H2,1H3,(H2,33,37)(H,35,38). The Hall–Kier alpha value is -4.70. The Labute approximate surface area is 235 Å². The summed E-state index contributed by atoms with van der Waals surface area (Å²) in [6.45, 7) is 2.74. The van der Waals surface area contributed by atoms with E-state index in [1.807, 2.05) is 48.2 Å². The number of sulfone groups is 1. The SMILES string of the molecule is Cc1c(NC(=O)c2ccc(F)cc2)cccc1-c1ccc(C(N)=O)c2[nH]c3cc(N4CCS(=O)(=O)CC4)ccc3c12. The van der Waals surface area contributed by atoms with Gasteiger partial charge in [0.1, 0.15) is 5.82 Å². The quantitative estimate of drug-likeness (QED) is 0.274. The number of carbonyl (C=O) groups is 2. The van der Waals surface area contributed by atoms with Gasteiger partial charge in [0.2, 0.25) is 0 Å². The zero-order valence-electron chi connectivity index (χ0n) is 22.2. The van der Waals surface area contributed by atoms with E-state index in [9.17, 15) is 22.4 Å². The Kier molecular flexibility index (Phi) is 6.50. The molecule has 41 heavy (non-hydrogen) atoms. The topological polar surface area (TPSA) is 125 Å². The van der Waals surface area contributed by atoms with Crippen LogP contribution in [0, 0.1) is 12.7 Å². The third-order valence-corrected chi connectivity index (χ3v) is 9.30. The first kappa shape index (κ1) is 26.5. The van der Waals surface area contributed by atoms with E-state index in [-0.39, 0.29) is 17.4 Å². The van der Waals surface area contributed by atoms with E-state index in [4.69, 9.17) is 5.73 Å². The molecule has 1 aliphatic heterocycles. The number of carbonyl (C=O) groups excluding carboxylic acids is 2. The third kappa shape index (κ3) is 4.91. The Morgan fingerprint density at radius 3 is 2.39 bits per heavy atom. The van der Waals surface area contributed by atoms with Crippen LogP contribution in [0.2, 0.25) is 0 Å². The molecular formula is C31H27FN4O4S. The van der Waals surface area contributed by atoms with Gasteiger partial charge in [0.15, 0.2) is 9.84 Å².